The normalized spacial score (nSPS) is 11.7. The summed E-state index contributed by atoms with van der Waals surface area (Å²) in [4.78, 5) is 0. The largest absolute Gasteiger partial charge is 0.504 e. The van der Waals surface area contributed by atoms with Crippen molar-refractivity contribution in [2.75, 3.05) is 0 Å². The fourth-order valence-electron chi connectivity index (χ4n) is 2.09. The van der Waals surface area contributed by atoms with Crippen LogP contribution in [0.1, 0.15) is 64.8 Å². The molecule has 0 aliphatic rings. The lowest BCUT2D eigenvalue weighted by molar-refractivity contribution is 0.436. The molecule has 17 heavy (non-hydrogen) atoms. The average Bonchev–Trinajstić information content (AvgIpc) is 2.51. The molecule has 0 atom stereocenters. The maximum absolute atomic E-state index is 10.2. The van der Waals surface area contributed by atoms with Gasteiger partial charge in [-0.2, -0.15) is 5.10 Å². The Bertz CT molecular complexity index is 353. The molecule has 0 radical (unpaired) electrons. The van der Waals surface area contributed by atoms with Crippen molar-refractivity contribution in [3.05, 3.63) is 11.4 Å². The van der Waals surface area contributed by atoms with E-state index in [1.807, 2.05) is 4.68 Å². The van der Waals surface area contributed by atoms with Gasteiger partial charge in [-0.05, 0) is 24.7 Å². The van der Waals surface area contributed by atoms with E-state index in [1.54, 1.807) is 0 Å². The first-order valence-electron chi connectivity index (χ1n) is 6.75. The van der Waals surface area contributed by atoms with Gasteiger partial charge in [0.05, 0.1) is 5.69 Å². The third-order valence-electron chi connectivity index (χ3n) is 2.89. The van der Waals surface area contributed by atoms with Gasteiger partial charge in [-0.15, -0.1) is 0 Å². The van der Waals surface area contributed by atoms with Crippen molar-refractivity contribution >= 4 is 0 Å². The van der Waals surface area contributed by atoms with Gasteiger partial charge in [0.25, 0.3) is 0 Å². The standard InChI is InChI=1S/C14H26N2O/c1-6-7-8-12-14(17)13(11(4)5)16(15-12)9-10(2)3/h10-11,17H,6-9H2,1-5H3. The Kier molecular flexibility index (Phi) is 5.03. The minimum Gasteiger partial charge on any atom is -0.504 e. The van der Waals surface area contributed by atoms with Crippen molar-refractivity contribution in [3.8, 4) is 5.75 Å². The van der Waals surface area contributed by atoms with E-state index in [0.717, 1.165) is 37.2 Å². The van der Waals surface area contributed by atoms with Crippen LogP contribution in [-0.2, 0) is 13.0 Å². The highest BCUT2D eigenvalue weighted by Crippen LogP contribution is 2.30. The van der Waals surface area contributed by atoms with Gasteiger partial charge in [-0.25, -0.2) is 0 Å². The maximum Gasteiger partial charge on any atom is 0.160 e. The van der Waals surface area contributed by atoms with Crippen molar-refractivity contribution in [1.29, 1.82) is 0 Å². The van der Waals surface area contributed by atoms with E-state index in [-0.39, 0.29) is 0 Å². The van der Waals surface area contributed by atoms with E-state index in [1.165, 1.54) is 0 Å². The molecule has 1 aromatic heterocycles. The first-order chi connectivity index (χ1) is 7.97. The van der Waals surface area contributed by atoms with Gasteiger partial charge in [0, 0.05) is 6.54 Å². The van der Waals surface area contributed by atoms with Gasteiger partial charge in [-0.3, -0.25) is 4.68 Å². The predicted octanol–water partition coefficient (Wildman–Crippen LogP) is 3.71. The lowest BCUT2D eigenvalue weighted by Gasteiger charge is -2.12. The fraction of sp³-hybridized carbons (Fsp3) is 0.786. The number of aryl methyl sites for hydroxylation is 1. The van der Waals surface area contributed by atoms with E-state index in [9.17, 15) is 5.11 Å². The number of hydrogen-bond donors (Lipinski definition) is 1. The minimum absolute atomic E-state index is 0.316. The lowest BCUT2D eigenvalue weighted by Crippen LogP contribution is -2.10. The fourth-order valence-corrected chi connectivity index (χ4v) is 2.09. The van der Waals surface area contributed by atoms with Gasteiger partial charge in [-0.1, -0.05) is 41.0 Å². The topological polar surface area (TPSA) is 38.0 Å². The zero-order chi connectivity index (χ0) is 13.0. The molecule has 1 heterocycles. The Balaban J connectivity index is 3.01. The van der Waals surface area contributed by atoms with E-state index in [4.69, 9.17) is 0 Å². The Hall–Kier alpha value is -0.990. The Morgan fingerprint density at radius 2 is 1.88 bits per heavy atom. The molecular weight excluding hydrogens is 212 g/mol. The molecule has 0 fully saturated rings. The molecule has 1 rings (SSSR count). The van der Waals surface area contributed by atoms with Crippen LogP contribution >= 0.6 is 0 Å². The van der Waals surface area contributed by atoms with Crippen molar-refractivity contribution in [1.82, 2.24) is 9.78 Å². The number of unbranched alkanes of at least 4 members (excludes halogenated alkanes) is 1. The summed E-state index contributed by atoms with van der Waals surface area (Å²) in [6.45, 7) is 11.6. The molecule has 3 nitrogen and oxygen atoms in total. The van der Waals surface area contributed by atoms with Crippen LogP contribution in [0.3, 0.4) is 0 Å². The first kappa shape index (κ1) is 14.1. The van der Waals surface area contributed by atoms with Crippen LogP contribution in [0.2, 0.25) is 0 Å². The molecule has 0 unspecified atom stereocenters. The molecule has 3 heteroatoms. The zero-order valence-corrected chi connectivity index (χ0v) is 11.8. The van der Waals surface area contributed by atoms with Crippen LogP contribution in [0.4, 0.5) is 0 Å². The van der Waals surface area contributed by atoms with Gasteiger partial charge in [0.1, 0.15) is 5.69 Å². The summed E-state index contributed by atoms with van der Waals surface area (Å²) in [5.41, 5.74) is 1.86. The van der Waals surface area contributed by atoms with Gasteiger partial charge in [0.15, 0.2) is 5.75 Å². The molecule has 0 aliphatic heterocycles. The van der Waals surface area contributed by atoms with E-state index in [0.29, 0.717) is 17.6 Å². The second kappa shape index (κ2) is 6.08. The first-order valence-corrected chi connectivity index (χ1v) is 6.75. The Morgan fingerprint density at radius 1 is 1.24 bits per heavy atom. The molecule has 0 aromatic carbocycles. The van der Waals surface area contributed by atoms with Crippen LogP contribution in [0.15, 0.2) is 0 Å². The number of hydrogen-bond acceptors (Lipinski definition) is 2. The summed E-state index contributed by atoms with van der Waals surface area (Å²) in [5.74, 6) is 1.29. The monoisotopic (exact) mass is 238 g/mol. The smallest absolute Gasteiger partial charge is 0.160 e. The molecule has 0 saturated heterocycles. The molecule has 1 aromatic rings. The molecule has 0 spiro atoms. The zero-order valence-electron chi connectivity index (χ0n) is 11.8. The third kappa shape index (κ3) is 3.48. The summed E-state index contributed by atoms with van der Waals surface area (Å²) < 4.78 is 2.00. The van der Waals surface area contributed by atoms with Crippen molar-refractivity contribution in [2.24, 2.45) is 5.92 Å². The molecule has 0 amide bonds. The molecule has 0 saturated carbocycles. The van der Waals surface area contributed by atoms with Crippen molar-refractivity contribution in [2.45, 2.75) is 66.3 Å². The van der Waals surface area contributed by atoms with Gasteiger partial charge in [0.2, 0.25) is 0 Å². The minimum atomic E-state index is 0.316. The van der Waals surface area contributed by atoms with Crippen LogP contribution in [-0.4, -0.2) is 14.9 Å². The number of aromatic hydroxyl groups is 1. The van der Waals surface area contributed by atoms with Crippen molar-refractivity contribution in [3.63, 3.8) is 0 Å². The van der Waals surface area contributed by atoms with Gasteiger partial charge < -0.3 is 5.11 Å². The quantitative estimate of drug-likeness (QED) is 0.820. The second-order valence-electron chi connectivity index (χ2n) is 5.51. The lowest BCUT2D eigenvalue weighted by atomic mass is 10.1. The third-order valence-corrected chi connectivity index (χ3v) is 2.89. The Labute approximate surface area is 105 Å². The molecule has 1 N–H and O–H groups in total. The molecule has 0 bridgehead atoms. The number of aromatic nitrogens is 2. The summed E-state index contributed by atoms with van der Waals surface area (Å²) in [6, 6.07) is 0. The molecular formula is C14H26N2O. The summed E-state index contributed by atoms with van der Waals surface area (Å²) >= 11 is 0. The number of nitrogens with zero attached hydrogens (tertiary/aromatic N) is 2. The number of rotatable bonds is 6. The SMILES string of the molecule is CCCCc1nn(CC(C)C)c(C(C)C)c1O. The van der Waals surface area contributed by atoms with Crippen LogP contribution in [0.5, 0.6) is 5.75 Å². The van der Waals surface area contributed by atoms with Crippen LogP contribution in [0.25, 0.3) is 0 Å². The second-order valence-corrected chi connectivity index (χ2v) is 5.51. The van der Waals surface area contributed by atoms with E-state index in [2.05, 4.69) is 39.7 Å². The van der Waals surface area contributed by atoms with Crippen LogP contribution in [0, 0.1) is 5.92 Å². The molecule has 0 aliphatic carbocycles. The Morgan fingerprint density at radius 3 is 2.35 bits per heavy atom. The predicted molar refractivity (Wildman–Crippen MR) is 71.4 cm³/mol. The van der Waals surface area contributed by atoms with E-state index >= 15 is 0 Å². The highest BCUT2D eigenvalue weighted by atomic mass is 16.3. The van der Waals surface area contributed by atoms with Gasteiger partial charge >= 0.3 is 0 Å². The maximum atomic E-state index is 10.2. The molecule has 98 valence electrons. The average molecular weight is 238 g/mol. The summed E-state index contributed by atoms with van der Waals surface area (Å²) in [6.07, 6.45) is 3.10. The highest BCUT2D eigenvalue weighted by Gasteiger charge is 2.19. The van der Waals surface area contributed by atoms with Crippen molar-refractivity contribution < 1.29 is 5.11 Å². The van der Waals surface area contributed by atoms with Crippen LogP contribution < -0.4 is 0 Å². The summed E-state index contributed by atoms with van der Waals surface area (Å²) in [5, 5.41) is 14.8. The summed E-state index contributed by atoms with van der Waals surface area (Å²) in [7, 11) is 0. The highest BCUT2D eigenvalue weighted by molar-refractivity contribution is 5.34. The van der Waals surface area contributed by atoms with E-state index < -0.39 is 0 Å².